The minimum atomic E-state index is 0.810. The average molecular weight is 68.1 g/mol. The molecule has 0 N–H and O–H groups in total. The van der Waals surface area contributed by atoms with Gasteiger partial charge in [0.25, 0.3) is 0 Å². The monoisotopic (exact) mass is 68.1 g/mol. The fourth-order valence-corrected chi connectivity index (χ4v) is 0. The maximum Gasteiger partial charge on any atom is 0.00993 e. The van der Waals surface area contributed by atoms with Gasteiger partial charge in [-0.15, -0.1) is 0 Å². The Hall–Kier alpha value is -0.550. The lowest BCUT2D eigenvalue weighted by atomic mass is 10.4. The lowest BCUT2D eigenvalue weighted by Gasteiger charge is -1.64. The van der Waals surface area contributed by atoms with Crippen molar-refractivity contribution in [3.8, 4) is 0 Å². The van der Waals surface area contributed by atoms with E-state index in [-0.39, 0.29) is 0 Å². The molecule has 1 nitrogen and oxygen atoms in total. The highest BCUT2D eigenvalue weighted by molar-refractivity contribution is 5.53. The van der Waals surface area contributed by atoms with Crippen molar-refractivity contribution in [2.24, 2.45) is 0 Å². The predicted molar refractivity (Wildman–Crippen MR) is 22.0 cm³/mol. The average Bonchev–Trinajstić information content (AvgIpc) is 1.38. The summed E-state index contributed by atoms with van der Waals surface area (Å²) in [7, 11) is 0. The van der Waals surface area contributed by atoms with E-state index in [1.54, 1.807) is 13.8 Å². The summed E-state index contributed by atoms with van der Waals surface area (Å²) in [6.07, 6.45) is 0. The molecule has 0 aromatic heterocycles. The molecule has 0 heterocycles. The summed E-state index contributed by atoms with van der Waals surface area (Å²) in [5.74, 6) is 1.94. The molecular formula is C4H6N. The van der Waals surface area contributed by atoms with E-state index in [4.69, 9.17) is 5.41 Å². The van der Waals surface area contributed by atoms with Crippen LogP contribution in [-0.4, -0.2) is 5.87 Å². The molecule has 0 aliphatic heterocycles. The van der Waals surface area contributed by atoms with Crippen LogP contribution in [0.15, 0.2) is 5.57 Å². The van der Waals surface area contributed by atoms with Gasteiger partial charge < -0.3 is 0 Å². The summed E-state index contributed by atoms with van der Waals surface area (Å²) in [6, 6.07) is 0. The summed E-state index contributed by atoms with van der Waals surface area (Å²) in [6.45, 7) is 3.56. The maximum absolute atomic E-state index is 7.86. The van der Waals surface area contributed by atoms with Gasteiger partial charge >= 0.3 is 0 Å². The summed E-state index contributed by atoms with van der Waals surface area (Å²) >= 11 is 0. The molecule has 0 aliphatic carbocycles. The van der Waals surface area contributed by atoms with E-state index in [2.05, 4.69) is 0 Å². The van der Waals surface area contributed by atoms with Gasteiger partial charge in [-0.05, 0) is 19.4 Å². The van der Waals surface area contributed by atoms with Crippen molar-refractivity contribution in [1.29, 1.82) is 0 Å². The smallest absolute Gasteiger partial charge is 0.00993 e. The third-order valence-corrected chi connectivity index (χ3v) is 0.224. The predicted octanol–water partition coefficient (Wildman–Crippen LogP) is 0.422. The van der Waals surface area contributed by atoms with Crippen LogP contribution in [-0.2, 0) is 0 Å². The van der Waals surface area contributed by atoms with Gasteiger partial charge in [0.05, 0.1) is 0 Å². The van der Waals surface area contributed by atoms with Crippen LogP contribution in [0.1, 0.15) is 13.8 Å². The van der Waals surface area contributed by atoms with E-state index in [1.807, 2.05) is 5.87 Å². The van der Waals surface area contributed by atoms with Gasteiger partial charge in [-0.1, -0.05) is 5.41 Å². The summed E-state index contributed by atoms with van der Waals surface area (Å²) < 4.78 is 0. The number of nitrogens with zero attached hydrogens (tertiary/aromatic N) is 1. The highest BCUT2D eigenvalue weighted by Crippen LogP contribution is 1.71. The maximum atomic E-state index is 7.86. The summed E-state index contributed by atoms with van der Waals surface area (Å²) in [4.78, 5) is 0. The molecule has 0 saturated heterocycles. The number of hydrogen-bond acceptors (Lipinski definition) is 0. The molecule has 0 aromatic carbocycles. The molecule has 5 heavy (non-hydrogen) atoms. The van der Waals surface area contributed by atoms with E-state index >= 15 is 0 Å². The molecule has 0 atom stereocenters. The third kappa shape index (κ3) is 3.45. The fraction of sp³-hybridized carbons (Fsp3) is 0.500. The molecule has 0 aromatic rings. The second-order valence-corrected chi connectivity index (χ2v) is 1.11. The Morgan fingerprint density at radius 1 is 1.60 bits per heavy atom. The van der Waals surface area contributed by atoms with Crippen molar-refractivity contribution in [1.82, 2.24) is 5.41 Å². The molecule has 0 rings (SSSR count). The molecule has 0 unspecified atom stereocenters. The first-order valence-electron chi connectivity index (χ1n) is 1.47. The van der Waals surface area contributed by atoms with Crippen molar-refractivity contribution in [2.75, 3.05) is 0 Å². The molecule has 0 aliphatic rings. The van der Waals surface area contributed by atoms with Crippen LogP contribution < -0.4 is 5.41 Å². The Morgan fingerprint density at radius 2 is 1.80 bits per heavy atom. The summed E-state index contributed by atoms with van der Waals surface area (Å²) in [5.41, 5.74) is 0.810. The topological polar surface area (TPSA) is 22.3 Å². The number of rotatable bonds is 0. The van der Waals surface area contributed by atoms with Crippen molar-refractivity contribution in [3.63, 3.8) is 0 Å². The van der Waals surface area contributed by atoms with Crippen LogP contribution >= 0.6 is 0 Å². The highest BCUT2D eigenvalue weighted by Gasteiger charge is 1.60. The largest absolute Gasteiger partial charge is 0.0970 e. The zero-order chi connectivity index (χ0) is 4.28. The van der Waals surface area contributed by atoms with Crippen LogP contribution in [0.5, 0.6) is 0 Å². The van der Waals surface area contributed by atoms with E-state index in [1.165, 1.54) is 0 Å². The minimum Gasteiger partial charge on any atom is -0.0970 e. The van der Waals surface area contributed by atoms with Crippen LogP contribution in [0.2, 0.25) is 0 Å². The first-order valence-corrected chi connectivity index (χ1v) is 1.47. The molecule has 1 heteroatoms. The standard InChI is InChI=1S/C4H6N/c1-4(2)3-5/h1-2H3. The third-order valence-electron chi connectivity index (χ3n) is 0.224. The first kappa shape index (κ1) is 4.45. The lowest BCUT2D eigenvalue weighted by Crippen LogP contribution is -1.58. The first-order chi connectivity index (χ1) is 2.27. The van der Waals surface area contributed by atoms with E-state index < -0.39 is 0 Å². The highest BCUT2D eigenvalue weighted by atomic mass is 14.3. The van der Waals surface area contributed by atoms with E-state index in [0.29, 0.717) is 0 Å². The number of hydrogen-bond donors (Lipinski definition) is 0. The van der Waals surface area contributed by atoms with E-state index in [9.17, 15) is 0 Å². The lowest BCUT2D eigenvalue weighted by molar-refractivity contribution is 1.45. The van der Waals surface area contributed by atoms with Crippen LogP contribution in [0.3, 0.4) is 0 Å². The van der Waals surface area contributed by atoms with Crippen molar-refractivity contribution in [3.05, 3.63) is 5.57 Å². The number of allylic oxidation sites excluding steroid dienone is 1. The van der Waals surface area contributed by atoms with Crippen LogP contribution in [0.25, 0.3) is 0 Å². The normalized spacial score (nSPS) is 6.00. The second-order valence-electron chi connectivity index (χ2n) is 1.11. The van der Waals surface area contributed by atoms with Gasteiger partial charge in [-0.2, -0.15) is 0 Å². The van der Waals surface area contributed by atoms with Crippen LogP contribution in [0, 0.1) is 0 Å². The zero-order valence-corrected chi connectivity index (χ0v) is 3.45. The molecule has 0 spiro atoms. The molecular weight excluding hydrogens is 62.1 g/mol. The van der Waals surface area contributed by atoms with Crippen LogP contribution in [0.4, 0.5) is 0 Å². The molecule has 1 radical (unpaired) electrons. The van der Waals surface area contributed by atoms with Gasteiger partial charge in [0.1, 0.15) is 0 Å². The SMILES string of the molecule is CC(C)=C=[N]. The Morgan fingerprint density at radius 3 is 1.80 bits per heavy atom. The van der Waals surface area contributed by atoms with E-state index in [0.717, 1.165) is 5.57 Å². The Kier molecular flexibility index (Phi) is 1.55. The molecule has 27 valence electrons. The van der Waals surface area contributed by atoms with Gasteiger partial charge in [-0.25, -0.2) is 0 Å². The second kappa shape index (κ2) is 1.74. The van der Waals surface area contributed by atoms with Gasteiger partial charge in [0, 0.05) is 5.87 Å². The van der Waals surface area contributed by atoms with Crippen molar-refractivity contribution < 1.29 is 0 Å². The quantitative estimate of drug-likeness (QED) is 0.367. The fourth-order valence-electron chi connectivity index (χ4n) is 0. The summed E-state index contributed by atoms with van der Waals surface area (Å²) in [5, 5.41) is 7.86. The van der Waals surface area contributed by atoms with Crippen molar-refractivity contribution >= 4 is 5.87 Å². The molecule has 0 amide bonds. The molecule has 0 saturated carbocycles. The zero-order valence-electron chi connectivity index (χ0n) is 3.45. The minimum absolute atomic E-state index is 0.810. The van der Waals surface area contributed by atoms with Gasteiger partial charge in [-0.3, -0.25) is 0 Å². The Balaban J connectivity index is 3.60. The molecule has 0 bridgehead atoms. The Labute approximate surface area is 31.8 Å². The van der Waals surface area contributed by atoms with Crippen molar-refractivity contribution in [2.45, 2.75) is 13.8 Å². The van der Waals surface area contributed by atoms with Gasteiger partial charge in [0.15, 0.2) is 0 Å². The molecule has 0 fully saturated rings. The van der Waals surface area contributed by atoms with Gasteiger partial charge in [0.2, 0.25) is 0 Å². The Bertz CT molecular complexity index is 63.7.